The fourth-order valence-electron chi connectivity index (χ4n) is 1.98. The molecule has 2 rings (SSSR count). The summed E-state index contributed by atoms with van der Waals surface area (Å²) < 4.78 is 13.5. The Hall–Kier alpha value is -0.960. The van der Waals surface area contributed by atoms with Gasteiger partial charge >= 0.3 is 0 Å². The van der Waals surface area contributed by atoms with Crippen LogP contribution in [0.5, 0.6) is 0 Å². The number of aliphatic hydroxyl groups is 1. The van der Waals surface area contributed by atoms with Gasteiger partial charge in [-0.1, -0.05) is 6.42 Å². The largest absolute Gasteiger partial charge is 0.387 e. The lowest BCUT2D eigenvalue weighted by atomic mass is 10.1. The molecule has 0 aromatic carbocycles. The second kappa shape index (κ2) is 3.65. The highest BCUT2D eigenvalue weighted by molar-refractivity contribution is 5.27. The Morgan fingerprint density at radius 1 is 1.50 bits per heavy atom. The second-order valence-electron chi connectivity index (χ2n) is 3.87. The summed E-state index contributed by atoms with van der Waals surface area (Å²) in [6.45, 7) is 1.75. The molecule has 1 aliphatic carbocycles. The Labute approximate surface area is 82.8 Å². The standard InChI is InChI=1S/C11H14FNO/c1-7-6-9(12)8-4-2-3-5-10(14)11(8)13-7/h6,10,14H,2-5H2,1H3. The number of rotatable bonds is 0. The van der Waals surface area contributed by atoms with E-state index in [1.807, 2.05) is 0 Å². The van der Waals surface area contributed by atoms with Gasteiger partial charge in [-0.3, -0.25) is 4.98 Å². The summed E-state index contributed by atoms with van der Waals surface area (Å²) in [7, 11) is 0. The molecule has 0 radical (unpaired) electrons. The molecule has 14 heavy (non-hydrogen) atoms. The first-order chi connectivity index (χ1) is 6.68. The molecule has 0 aliphatic heterocycles. The Bertz CT molecular complexity index is 351. The minimum atomic E-state index is -0.582. The predicted octanol–water partition coefficient (Wildman–Crippen LogP) is 2.29. The molecule has 1 atom stereocenters. The van der Waals surface area contributed by atoms with E-state index in [0.29, 0.717) is 29.8 Å². The van der Waals surface area contributed by atoms with Crippen LogP contribution in [0.2, 0.25) is 0 Å². The van der Waals surface area contributed by atoms with E-state index >= 15 is 0 Å². The van der Waals surface area contributed by atoms with E-state index in [0.717, 1.165) is 12.8 Å². The van der Waals surface area contributed by atoms with E-state index in [1.54, 1.807) is 6.92 Å². The summed E-state index contributed by atoms with van der Waals surface area (Å²) in [6.07, 6.45) is 2.69. The number of hydrogen-bond acceptors (Lipinski definition) is 2. The minimum absolute atomic E-state index is 0.214. The van der Waals surface area contributed by atoms with Crippen LogP contribution < -0.4 is 0 Å². The van der Waals surface area contributed by atoms with Gasteiger partial charge in [0.1, 0.15) is 5.82 Å². The summed E-state index contributed by atoms with van der Waals surface area (Å²) in [5.41, 5.74) is 1.81. The SMILES string of the molecule is Cc1cc(F)c2c(n1)C(O)CCCC2. The summed E-state index contributed by atoms with van der Waals surface area (Å²) in [5.74, 6) is -0.214. The number of pyridine rings is 1. The van der Waals surface area contributed by atoms with E-state index in [9.17, 15) is 9.50 Å². The van der Waals surface area contributed by atoms with Crippen molar-refractivity contribution in [3.63, 3.8) is 0 Å². The third-order valence-corrected chi connectivity index (χ3v) is 2.70. The fraction of sp³-hybridized carbons (Fsp3) is 0.545. The highest BCUT2D eigenvalue weighted by Crippen LogP contribution is 2.28. The highest BCUT2D eigenvalue weighted by Gasteiger charge is 2.20. The van der Waals surface area contributed by atoms with Gasteiger partial charge in [0.25, 0.3) is 0 Å². The van der Waals surface area contributed by atoms with Gasteiger partial charge in [0.05, 0.1) is 11.8 Å². The first-order valence-electron chi connectivity index (χ1n) is 5.02. The fourth-order valence-corrected chi connectivity index (χ4v) is 1.98. The molecule has 1 aliphatic rings. The number of aromatic nitrogens is 1. The van der Waals surface area contributed by atoms with Gasteiger partial charge in [-0.05, 0) is 32.3 Å². The van der Waals surface area contributed by atoms with Crippen molar-refractivity contribution < 1.29 is 9.50 Å². The normalized spacial score (nSPS) is 21.5. The quantitative estimate of drug-likeness (QED) is 0.644. The molecular weight excluding hydrogens is 181 g/mol. The van der Waals surface area contributed by atoms with Crippen LogP contribution in [0, 0.1) is 12.7 Å². The van der Waals surface area contributed by atoms with Crippen molar-refractivity contribution in [1.29, 1.82) is 0 Å². The van der Waals surface area contributed by atoms with Crippen LogP contribution in [-0.4, -0.2) is 10.1 Å². The lowest BCUT2D eigenvalue weighted by molar-refractivity contribution is 0.161. The van der Waals surface area contributed by atoms with Crippen LogP contribution >= 0.6 is 0 Å². The van der Waals surface area contributed by atoms with Gasteiger partial charge in [-0.15, -0.1) is 0 Å². The number of aliphatic hydroxyl groups excluding tert-OH is 1. The van der Waals surface area contributed by atoms with E-state index in [2.05, 4.69) is 4.98 Å². The third kappa shape index (κ3) is 1.64. The highest BCUT2D eigenvalue weighted by atomic mass is 19.1. The van der Waals surface area contributed by atoms with Crippen molar-refractivity contribution in [3.05, 3.63) is 28.8 Å². The average Bonchev–Trinajstić information content (AvgIpc) is 2.29. The van der Waals surface area contributed by atoms with E-state index in [-0.39, 0.29) is 5.82 Å². The summed E-state index contributed by atoms with van der Waals surface area (Å²) in [6, 6.07) is 1.44. The molecule has 0 saturated carbocycles. The van der Waals surface area contributed by atoms with Crippen LogP contribution in [0.1, 0.15) is 42.3 Å². The molecule has 2 nitrogen and oxygen atoms in total. The zero-order chi connectivity index (χ0) is 10.1. The molecule has 0 saturated heterocycles. The summed E-state index contributed by atoms with van der Waals surface area (Å²) in [4.78, 5) is 4.23. The zero-order valence-corrected chi connectivity index (χ0v) is 8.26. The second-order valence-corrected chi connectivity index (χ2v) is 3.87. The molecule has 1 aromatic heterocycles. The van der Waals surface area contributed by atoms with Crippen molar-refractivity contribution >= 4 is 0 Å². The number of halogens is 1. The number of aryl methyl sites for hydroxylation is 1. The molecular formula is C11H14FNO. The number of hydrogen-bond donors (Lipinski definition) is 1. The summed E-state index contributed by atoms with van der Waals surface area (Å²) in [5, 5.41) is 9.76. The minimum Gasteiger partial charge on any atom is -0.387 e. The van der Waals surface area contributed by atoms with E-state index in [4.69, 9.17) is 0 Å². The van der Waals surface area contributed by atoms with Gasteiger partial charge in [0.2, 0.25) is 0 Å². The molecule has 0 fully saturated rings. The van der Waals surface area contributed by atoms with E-state index < -0.39 is 6.10 Å². The lowest BCUT2D eigenvalue weighted by Crippen LogP contribution is -2.06. The van der Waals surface area contributed by atoms with Crippen LogP contribution in [-0.2, 0) is 6.42 Å². The molecule has 1 N–H and O–H groups in total. The lowest BCUT2D eigenvalue weighted by Gasteiger charge is -2.11. The van der Waals surface area contributed by atoms with Crippen LogP contribution in [0.4, 0.5) is 4.39 Å². The number of fused-ring (bicyclic) bond motifs is 1. The molecule has 3 heteroatoms. The molecule has 0 spiro atoms. The Morgan fingerprint density at radius 3 is 3.07 bits per heavy atom. The summed E-state index contributed by atoms with van der Waals surface area (Å²) >= 11 is 0. The first-order valence-corrected chi connectivity index (χ1v) is 5.02. The van der Waals surface area contributed by atoms with Crippen molar-refractivity contribution in [2.45, 2.75) is 38.7 Å². The third-order valence-electron chi connectivity index (χ3n) is 2.70. The van der Waals surface area contributed by atoms with Crippen LogP contribution in [0.15, 0.2) is 6.07 Å². The Morgan fingerprint density at radius 2 is 2.29 bits per heavy atom. The zero-order valence-electron chi connectivity index (χ0n) is 8.26. The Kier molecular flexibility index (Phi) is 2.50. The van der Waals surface area contributed by atoms with Gasteiger partial charge in [-0.2, -0.15) is 0 Å². The molecule has 1 aromatic rings. The maximum absolute atomic E-state index is 13.5. The van der Waals surface area contributed by atoms with Crippen molar-refractivity contribution in [1.82, 2.24) is 4.98 Å². The topological polar surface area (TPSA) is 33.1 Å². The van der Waals surface area contributed by atoms with Gasteiger partial charge < -0.3 is 5.11 Å². The molecule has 0 amide bonds. The van der Waals surface area contributed by atoms with Gasteiger partial charge in [0.15, 0.2) is 0 Å². The van der Waals surface area contributed by atoms with Gasteiger partial charge in [-0.25, -0.2) is 4.39 Å². The monoisotopic (exact) mass is 195 g/mol. The van der Waals surface area contributed by atoms with E-state index in [1.165, 1.54) is 6.07 Å². The molecule has 76 valence electrons. The van der Waals surface area contributed by atoms with Crippen molar-refractivity contribution in [2.24, 2.45) is 0 Å². The van der Waals surface area contributed by atoms with Crippen LogP contribution in [0.25, 0.3) is 0 Å². The smallest absolute Gasteiger partial charge is 0.130 e. The maximum Gasteiger partial charge on any atom is 0.130 e. The first kappa shape index (κ1) is 9.59. The van der Waals surface area contributed by atoms with Crippen LogP contribution in [0.3, 0.4) is 0 Å². The molecule has 1 heterocycles. The van der Waals surface area contributed by atoms with Crippen molar-refractivity contribution in [2.75, 3.05) is 0 Å². The van der Waals surface area contributed by atoms with Gasteiger partial charge in [0, 0.05) is 11.3 Å². The number of nitrogens with zero attached hydrogens (tertiary/aromatic N) is 1. The van der Waals surface area contributed by atoms with Crippen molar-refractivity contribution in [3.8, 4) is 0 Å². The molecule has 1 unspecified atom stereocenters. The average molecular weight is 195 g/mol. The molecule has 0 bridgehead atoms. The Balaban J connectivity index is 2.53. The predicted molar refractivity (Wildman–Crippen MR) is 51.4 cm³/mol. The maximum atomic E-state index is 13.5.